The third-order valence-corrected chi connectivity index (χ3v) is 6.21. The zero-order chi connectivity index (χ0) is 18.1. The standard InChI is InChI=1S/C19H32N4O2.ClH/c1-18(2,17(24)25-4)7-11-23(14-16-21-10-12-22(16)3)15-13-19(15)5-8-20-9-6-19;/h10,12,15,20H,5-9,11,13-14H2,1-4H3;1H. The molecule has 7 heteroatoms. The molecule has 0 radical (unpaired) electrons. The summed E-state index contributed by atoms with van der Waals surface area (Å²) in [6.07, 6.45) is 8.45. The molecule has 1 aromatic heterocycles. The van der Waals surface area contributed by atoms with Gasteiger partial charge in [-0.05, 0) is 58.0 Å². The fraction of sp³-hybridized carbons (Fsp3) is 0.789. The second-order valence-electron chi connectivity index (χ2n) is 8.38. The minimum Gasteiger partial charge on any atom is -0.469 e. The van der Waals surface area contributed by atoms with Crippen molar-refractivity contribution in [3.05, 3.63) is 18.2 Å². The van der Waals surface area contributed by atoms with Crippen molar-refractivity contribution in [2.45, 2.75) is 52.1 Å². The molecule has 1 aliphatic heterocycles. The lowest BCUT2D eigenvalue weighted by Crippen LogP contribution is -2.39. The van der Waals surface area contributed by atoms with Crippen molar-refractivity contribution in [1.82, 2.24) is 19.8 Å². The number of halogens is 1. The first kappa shape index (κ1) is 21.2. The minimum absolute atomic E-state index is 0. The normalized spacial score (nSPS) is 21.5. The highest BCUT2D eigenvalue weighted by Crippen LogP contribution is 2.56. The zero-order valence-electron chi connectivity index (χ0n) is 16.5. The number of methoxy groups -OCH3 is 1. The molecule has 0 amide bonds. The summed E-state index contributed by atoms with van der Waals surface area (Å²) >= 11 is 0. The number of ether oxygens (including phenoxy) is 1. The lowest BCUT2D eigenvalue weighted by atomic mass is 9.89. The summed E-state index contributed by atoms with van der Waals surface area (Å²) in [4.78, 5) is 19.1. The van der Waals surface area contributed by atoms with Crippen LogP contribution in [0.4, 0.5) is 0 Å². The Bertz CT molecular complexity index is 610. The van der Waals surface area contributed by atoms with E-state index in [0.29, 0.717) is 11.5 Å². The van der Waals surface area contributed by atoms with Crippen LogP contribution in [0.25, 0.3) is 0 Å². The van der Waals surface area contributed by atoms with E-state index in [1.54, 1.807) is 0 Å². The number of carbonyl (C=O) groups is 1. The lowest BCUT2D eigenvalue weighted by molar-refractivity contribution is -0.151. The van der Waals surface area contributed by atoms with Gasteiger partial charge in [-0.2, -0.15) is 0 Å². The number of rotatable bonds is 7. The Balaban J connectivity index is 0.00000243. The van der Waals surface area contributed by atoms with E-state index in [1.165, 1.54) is 26.4 Å². The molecule has 6 nitrogen and oxygen atoms in total. The van der Waals surface area contributed by atoms with E-state index in [0.717, 1.165) is 38.4 Å². The maximum Gasteiger partial charge on any atom is 0.311 e. The number of esters is 1. The molecule has 0 aromatic carbocycles. The predicted molar refractivity (Wildman–Crippen MR) is 104 cm³/mol. The van der Waals surface area contributed by atoms with Crippen molar-refractivity contribution in [3.63, 3.8) is 0 Å². The van der Waals surface area contributed by atoms with Crippen molar-refractivity contribution >= 4 is 18.4 Å². The lowest BCUT2D eigenvalue weighted by Gasteiger charge is -2.31. The summed E-state index contributed by atoms with van der Waals surface area (Å²) in [6.45, 7) is 7.95. The summed E-state index contributed by atoms with van der Waals surface area (Å²) in [5.74, 6) is 0.962. The van der Waals surface area contributed by atoms with Crippen molar-refractivity contribution < 1.29 is 9.53 Å². The molecule has 1 aromatic rings. The number of piperidine rings is 1. The molecule has 2 aliphatic rings. The molecular weight excluding hydrogens is 352 g/mol. The molecule has 1 aliphatic carbocycles. The van der Waals surface area contributed by atoms with Crippen LogP contribution in [0.3, 0.4) is 0 Å². The summed E-state index contributed by atoms with van der Waals surface area (Å²) in [7, 11) is 3.52. The average Bonchev–Trinajstić information content (AvgIpc) is 3.12. The predicted octanol–water partition coefficient (Wildman–Crippen LogP) is 2.38. The maximum atomic E-state index is 12.0. The molecule has 148 valence electrons. The molecule has 1 saturated heterocycles. The van der Waals surface area contributed by atoms with Crippen LogP contribution in [-0.2, 0) is 23.1 Å². The Morgan fingerprint density at radius 2 is 2.15 bits per heavy atom. The first-order valence-electron chi connectivity index (χ1n) is 9.37. The number of nitrogens with one attached hydrogen (secondary N) is 1. The first-order chi connectivity index (χ1) is 11.9. The van der Waals surface area contributed by atoms with Gasteiger partial charge in [0.05, 0.1) is 19.1 Å². The minimum atomic E-state index is -0.454. The van der Waals surface area contributed by atoms with E-state index < -0.39 is 5.41 Å². The molecule has 1 spiro atoms. The van der Waals surface area contributed by atoms with E-state index in [2.05, 4.69) is 19.8 Å². The summed E-state index contributed by atoms with van der Waals surface area (Å²) in [5, 5.41) is 3.48. The van der Waals surface area contributed by atoms with Gasteiger partial charge in [0.15, 0.2) is 0 Å². The van der Waals surface area contributed by atoms with Crippen LogP contribution in [0.2, 0.25) is 0 Å². The third kappa shape index (κ3) is 4.41. The van der Waals surface area contributed by atoms with Crippen LogP contribution in [0.15, 0.2) is 12.4 Å². The molecule has 2 heterocycles. The quantitative estimate of drug-likeness (QED) is 0.731. The molecule has 1 atom stereocenters. The summed E-state index contributed by atoms with van der Waals surface area (Å²) < 4.78 is 7.07. The molecule has 1 unspecified atom stereocenters. The van der Waals surface area contributed by atoms with Crippen molar-refractivity contribution in [2.24, 2.45) is 17.9 Å². The van der Waals surface area contributed by atoms with Crippen molar-refractivity contribution in [2.75, 3.05) is 26.7 Å². The van der Waals surface area contributed by atoms with Gasteiger partial charge in [0.25, 0.3) is 0 Å². The molecule has 26 heavy (non-hydrogen) atoms. The summed E-state index contributed by atoms with van der Waals surface area (Å²) in [5.41, 5.74) is 0.0244. The van der Waals surface area contributed by atoms with Gasteiger partial charge in [0.2, 0.25) is 0 Å². The second-order valence-corrected chi connectivity index (χ2v) is 8.38. The monoisotopic (exact) mass is 384 g/mol. The number of imidazole rings is 1. The molecule has 1 saturated carbocycles. The zero-order valence-corrected chi connectivity index (χ0v) is 17.3. The molecule has 3 rings (SSSR count). The van der Waals surface area contributed by atoms with Gasteiger partial charge in [0.1, 0.15) is 5.82 Å². The van der Waals surface area contributed by atoms with Gasteiger partial charge >= 0.3 is 5.97 Å². The number of hydrogen-bond acceptors (Lipinski definition) is 5. The van der Waals surface area contributed by atoms with Gasteiger partial charge in [-0.15, -0.1) is 12.4 Å². The Labute approximate surface area is 163 Å². The van der Waals surface area contributed by atoms with Crippen LogP contribution in [-0.4, -0.2) is 53.2 Å². The summed E-state index contributed by atoms with van der Waals surface area (Å²) in [6, 6.07) is 0.611. The van der Waals surface area contributed by atoms with E-state index in [1.807, 2.05) is 33.3 Å². The number of aromatic nitrogens is 2. The highest BCUT2D eigenvalue weighted by molar-refractivity contribution is 5.85. The Morgan fingerprint density at radius 1 is 1.46 bits per heavy atom. The number of carbonyl (C=O) groups excluding carboxylic acids is 1. The Hall–Kier alpha value is -1.11. The van der Waals surface area contributed by atoms with Crippen LogP contribution < -0.4 is 5.32 Å². The van der Waals surface area contributed by atoms with Gasteiger partial charge in [-0.3, -0.25) is 9.69 Å². The Kier molecular flexibility index (Phi) is 6.75. The molecule has 1 N–H and O–H groups in total. The average molecular weight is 385 g/mol. The SMILES string of the molecule is COC(=O)C(C)(C)CCN(Cc1nccn1C)C1CC12CCNCC2.Cl. The number of nitrogens with zero attached hydrogens (tertiary/aromatic N) is 3. The van der Waals surface area contributed by atoms with Gasteiger partial charge in [0, 0.05) is 32.0 Å². The van der Waals surface area contributed by atoms with E-state index in [-0.39, 0.29) is 18.4 Å². The smallest absolute Gasteiger partial charge is 0.311 e. The highest BCUT2D eigenvalue weighted by atomic mass is 35.5. The first-order valence-corrected chi connectivity index (χ1v) is 9.37. The van der Waals surface area contributed by atoms with Crippen LogP contribution in [0.5, 0.6) is 0 Å². The fourth-order valence-corrected chi connectivity index (χ4v) is 4.18. The largest absolute Gasteiger partial charge is 0.469 e. The Morgan fingerprint density at radius 3 is 2.73 bits per heavy atom. The topological polar surface area (TPSA) is 59.4 Å². The van der Waals surface area contributed by atoms with Crippen molar-refractivity contribution in [1.29, 1.82) is 0 Å². The van der Waals surface area contributed by atoms with Crippen LogP contribution in [0, 0.1) is 10.8 Å². The second kappa shape index (κ2) is 8.28. The number of hydrogen-bond donors (Lipinski definition) is 1. The molecular formula is C19H33ClN4O2. The van der Waals surface area contributed by atoms with Crippen LogP contribution >= 0.6 is 12.4 Å². The van der Waals surface area contributed by atoms with E-state index in [4.69, 9.17) is 4.74 Å². The molecule has 2 fully saturated rings. The highest BCUT2D eigenvalue weighted by Gasteiger charge is 2.56. The van der Waals surface area contributed by atoms with Crippen LogP contribution in [0.1, 0.15) is 45.4 Å². The molecule has 0 bridgehead atoms. The van der Waals surface area contributed by atoms with Crippen molar-refractivity contribution in [3.8, 4) is 0 Å². The maximum absolute atomic E-state index is 12.0. The van der Waals surface area contributed by atoms with Gasteiger partial charge in [-0.25, -0.2) is 4.98 Å². The van der Waals surface area contributed by atoms with E-state index >= 15 is 0 Å². The van der Waals surface area contributed by atoms with Gasteiger partial charge < -0.3 is 14.6 Å². The van der Waals surface area contributed by atoms with E-state index in [9.17, 15) is 4.79 Å². The number of aryl methyl sites for hydroxylation is 1. The fourth-order valence-electron chi connectivity index (χ4n) is 4.18. The van der Waals surface area contributed by atoms with Gasteiger partial charge in [-0.1, -0.05) is 0 Å². The third-order valence-electron chi connectivity index (χ3n) is 6.21.